The molecule has 0 aliphatic heterocycles. The van der Waals surface area contributed by atoms with Crippen LogP contribution in [0.15, 0.2) is 34.8 Å². The molecule has 0 aliphatic carbocycles. The van der Waals surface area contributed by atoms with E-state index < -0.39 is 0 Å². The second-order valence-electron chi connectivity index (χ2n) is 3.61. The molecule has 0 amide bonds. The summed E-state index contributed by atoms with van der Waals surface area (Å²) in [7, 11) is 0. The Labute approximate surface area is 103 Å². The molecule has 2 rings (SSSR count). The molecule has 0 unspecified atom stereocenters. The van der Waals surface area contributed by atoms with Gasteiger partial charge in [0.1, 0.15) is 0 Å². The van der Waals surface area contributed by atoms with Crippen LogP contribution < -0.4 is 5.32 Å². The molecule has 0 aliphatic rings. The molecular weight excluding hydrogens is 266 g/mol. The predicted molar refractivity (Wildman–Crippen MR) is 68.9 cm³/mol. The fraction of sp³-hybridized carbons (Fsp3) is 0.167. The summed E-state index contributed by atoms with van der Waals surface area (Å²) < 4.78 is 1.03. The van der Waals surface area contributed by atoms with E-state index >= 15 is 0 Å². The van der Waals surface area contributed by atoms with E-state index in [9.17, 15) is 0 Å². The highest BCUT2D eigenvalue weighted by molar-refractivity contribution is 9.10. The molecule has 0 fully saturated rings. The van der Waals surface area contributed by atoms with E-state index in [0.717, 1.165) is 21.5 Å². The van der Waals surface area contributed by atoms with Crippen molar-refractivity contribution in [2.75, 3.05) is 5.32 Å². The minimum atomic E-state index is 0.635. The fourth-order valence-electron chi connectivity index (χ4n) is 1.48. The molecule has 0 saturated heterocycles. The Morgan fingerprint density at radius 2 is 1.75 bits per heavy atom. The van der Waals surface area contributed by atoms with Gasteiger partial charge in [0.15, 0.2) is 0 Å². The monoisotopic (exact) mass is 277 g/mol. The summed E-state index contributed by atoms with van der Waals surface area (Å²) >= 11 is 3.42. The zero-order chi connectivity index (χ0) is 11.5. The number of hydrogen-bond acceptors (Lipinski definition) is 3. The van der Waals surface area contributed by atoms with Gasteiger partial charge in [0, 0.05) is 21.5 Å². The number of halogens is 1. The average molecular weight is 278 g/mol. The number of anilines is 2. The fourth-order valence-corrected chi connectivity index (χ4v) is 1.88. The molecule has 0 saturated carbocycles. The number of nitrogens with one attached hydrogen (secondary N) is 1. The molecule has 1 aromatic heterocycles. The Morgan fingerprint density at radius 1 is 1.06 bits per heavy atom. The van der Waals surface area contributed by atoms with E-state index in [1.54, 1.807) is 0 Å². The van der Waals surface area contributed by atoms with Gasteiger partial charge in [-0.1, -0.05) is 22.0 Å². The van der Waals surface area contributed by atoms with Gasteiger partial charge in [0.25, 0.3) is 0 Å². The molecule has 0 spiro atoms. The third-order valence-electron chi connectivity index (χ3n) is 2.06. The molecule has 0 atom stereocenters. The van der Waals surface area contributed by atoms with Gasteiger partial charge < -0.3 is 5.32 Å². The van der Waals surface area contributed by atoms with Crippen LogP contribution in [0.3, 0.4) is 0 Å². The highest BCUT2D eigenvalue weighted by Crippen LogP contribution is 2.18. The molecule has 1 N–H and O–H groups in total. The summed E-state index contributed by atoms with van der Waals surface area (Å²) in [6.07, 6.45) is 0. The normalized spacial score (nSPS) is 10.2. The van der Waals surface area contributed by atoms with Gasteiger partial charge in [0.05, 0.1) is 0 Å². The molecule has 3 nitrogen and oxygen atoms in total. The number of aromatic nitrogens is 2. The van der Waals surface area contributed by atoms with E-state index in [4.69, 9.17) is 0 Å². The first-order valence-electron chi connectivity index (χ1n) is 4.98. The van der Waals surface area contributed by atoms with E-state index in [1.165, 1.54) is 0 Å². The van der Waals surface area contributed by atoms with E-state index in [2.05, 4.69) is 31.2 Å². The zero-order valence-corrected chi connectivity index (χ0v) is 10.7. The molecule has 1 aromatic carbocycles. The average Bonchev–Trinajstić information content (AvgIpc) is 2.15. The standard InChI is InChI=1S/C12H12BrN3/c1-8-6-9(2)15-12(14-8)16-11-5-3-4-10(13)7-11/h3-7H,1-2H3,(H,14,15,16). The quantitative estimate of drug-likeness (QED) is 0.912. The molecule has 82 valence electrons. The van der Waals surface area contributed by atoms with Crippen molar-refractivity contribution in [3.05, 3.63) is 46.2 Å². The number of rotatable bonds is 2. The molecule has 4 heteroatoms. The van der Waals surface area contributed by atoms with Crippen LogP contribution in [0.2, 0.25) is 0 Å². The predicted octanol–water partition coefficient (Wildman–Crippen LogP) is 3.60. The number of benzene rings is 1. The third kappa shape index (κ3) is 2.79. The van der Waals surface area contributed by atoms with Crippen LogP contribution in [0, 0.1) is 13.8 Å². The van der Waals surface area contributed by atoms with Gasteiger partial charge in [-0.25, -0.2) is 9.97 Å². The molecule has 2 aromatic rings. The van der Waals surface area contributed by atoms with Crippen LogP contribution in [-0.2, 0) is 0 Å². The van der Waals surface area contributed by atoms with Crippen LogP contribution in [0.25, 0.3) is 0 Å². The minimum absolute atomic E-state index is 0.635. The summed E-state index contributed by atoms with van der Waals surface area (Å²) in [6, 6.07) is 9.86. The first kappa shape index (κ1) is 11.1. The Bertz CT molecular complexity index is 491. The lowest BCUT2D eigenvalue weighted by Crippen LogP contribution is -1.99. The molecular formula is C12H12BrN3. The summed E-state index contributed by atoms with van der Waals surface area (Å²) in [5.41, 5.74) is 2.90. The van der Waals surface area contributed by atoms with Gasteiger partial charge in [0.2, 0.25) is 5.95 Å². The van der Waals surface area contributed by atoms with Gasteiger partial charge in [-0.2, -0.15) is 0 Å². The number of aryl methyl sites for hydroxylation is 2. The van der Waals surface area contributed by atoms with Crippen molar-refractivity contribution in [1.82, 2.24) is 9.97 Å². The van der Waals surface area contributed by atoms with Gasteiger partial charge in [-0.05, 0) is 38.1 Å². The minimum Gasteiger partial charge on any atom is -0.324 e. The van der Waals surface area contributed by atoms with E-state index in [1.807, 2.05) is 44.2 Å². The van der Waals surface area contributed by atoms with Crippen LogP contribution in [0.5, 0.6) is 0 Å². The summed E-state index contributed by atoms with van der Waals surface area (Å²) in [5.74, 6) is 0.635. The van der Waals surface area contributed by atoms with Crippen molar-refractivity contribution in [3.63, 3.8) is 0 Å². The van der Waals surface area contributed by atoms with Crippen molar-refractivity contribution < 1.29 is 0 Å². The van der Waals surface area contributed by atoms with E-state index in [-0.39, 0.29) is 0 Å². The topological polar surface area (TPSA) is 37.8 Å². The molecule has 1 heterocycles. The smallest absolute Gasteiger partial charge is 0.227 e. The van der Waals surface area contributed by atoms with Crippen LogP contribution in [-0.4, -0.2) is 9.97 Å². The summed E-state index contributed by atoms with van der Waals surface area (Å²) in [4.78, 5) is 8.64. The SMILES string of the molecule is Cc1cc(C)nc(Nc2cccc(Br)c2)n1. The summed E-state index contributed by atoms with van der Waals surface area (Å²) in [5, 5.41) is 3.17. The number of nitrogens with zero attached hydrogens (tertiary/aromatic N) is 2. The summed E-state index contributed by atoms with van der Waals surface area (Å²) in [6.45, 7) is 3.92. The molecule has 16 heavy (non-hydrogen) atoms. The van der Waals surface area contributed by atoms with Crippen molar-refractivity contribution in [2.24, 2.45) is 0 Å². The molecule has 0 bridgehead atoms. The highest BCUT2D eigenvalue weighted by atomic mass is 79.9. The van der Waals surface area contributed by atoms with Crippen LogP contribution in [0.4, 0.5) is 11.6 Å². The van der Waals surface area contributed by atoms with Crippen molar-refractivity contribution in [2.45, 2.75) is 13.8 Å². The number of hydrogen-bond donors (Lipinski definition) is 1. The maximum absolute atomic E-state index is 4.32. The maximum atomic E-state index is 4.32. The lowest BCUT2D eigenvalue weighted by Gasteiger charge is -2.06. The van der Waals surface area contributed by atoms with Gasteiger partial charge >= 0.3 is 0 Å². The molecule has 0 radical (unpaired) electrons. The maximum Gasteiger partial charge on any atom is 0.227 e. The van der Waals surface area contributed by atoms with Crippen LogP contribution >= 0.6 is 15.9 Å². The van der Waals surface area contributed by atoms with Gasteiger partial charge in [-0.15, -0.1) is 0 Å². The lowest BCUT2D eigenvalue weighted by atomic mass is 10.3. The highest BCUT2D eigenvalue weighted by Gasteiger charge is 2.00. The Hall–Kier alpha value is -1.42. The first-order chi connectivity index (χ1) is 7.63. The van der Waals surface area contributed by atoms with Crippen LogP contribution in [0.1, 0.15) is 11.4 Å². The second kappa shape index (κ2) is 4.61. The Morgan fingerprint density at radius 3 is 2.38 bits per heavy atom. The Balaban J connectivity index is 2.27. The van der Waals surface area contributed by atoms with Crippen molar-refractivity contribution in [3.8, 4) is 0 Å². The second-order valence-corrected chi connectivity index (χ2v) is 4.53. The Kier molecular flexibility index (Phi) is 3.19. The van der Waals surface area contributed by atoms with Crippen molar-refractivity contribution >= 4 is 27.6 Å². The van der Waals surface area contributed by atoms with Crippen molar-refractivity contribution in [1.29, 1.82) is 0 Å². The largest absolute Gasteiger partial charge is 0.324 e. The first-order valence-corrected chi connectivity index (χ1v) is 5.78. The third-order valence-corrected chi connectivity index (χ3v) is 2.56. The van der Waals surface area contributed by atoms with Gasteiger partial charge in [-0.3, -0.25) is 0 Å². The lowest BCUT2D eigenvalue weighted by molar-refractivity contribution is 1.06. The zero-order valence-electron chi connectivity index (χ0n) is 9.16. The van der Waals surface area contributed by atoms with E-state index in [0.29, 0.717) is 5.95 Å².